The van der Waals surface area contributed by atoms with E-state index in [2.05, 4.69) is 25.9 Å². The van der Waals surface area contributed by atoms with Crippen molar-refractivity contribution in [3.8, 4) is 0 Å². The van der Waals surface area contributed by atoms with Crippen molar-refractivity contribution < 1.29 is 13.3 Å². The number of hydrogen-bond acceptors (Lipinski definition) is 4. The average molecular weight is 263 g/mol. The number of rotatable bonds is 10. The van der Waals surface area contributed by atoms with Crippen molar-refractivity contribution in [2.75, 3.05) is 33.9 Å². The van der Waals surface area contributed by atoms with Crippen LogP contribution in [0.3, 0.4) is 0 Å². The number of hydrogen-bond donors (Lipinski definition) is 0. The molecule has 5 heteroatoms. The summed E-state index contributed by atoms with van der Waals surface area (Å²) in [6.45, 7) is 10.2. The predicted molar refractivity (Wildman–Crippen MR) is 73.2 cm³/mol. The zero-order valence-electron chi connectivity index (χ0n) is 12.3. The predicted octanol–water partition coefficient (Wildman–Crippen LogP) is 2.38. The van der Waals surface area contributed by atoms with Crippen molar-refractivity contribution >= 4 is 8.80 Å². The van der Waals surface area contributed by atoms with Crippen molar-refractivity contribution in [1.82, 2.24) is 4.90 Å². The van der Waals surface area contributed by atoms with Gasteiger partial charge >= 0.3 is 8.80 Å². The molecule has 0 bridgehead atoms. The summed E-state index contributed by atoms with van der Waals surface area (Å²) in [5.74, 6) is 0. The Morgan fingerprint density at radius 2 is 1.35 bits per heavy atom. The molecule has 0 saturated heterocycles. The van der Waals surface area contributed by atoms with Gasteiger partial charge in [0.2, 0.25) is 0 Å². The van der Waals surface area contributed by atoms with E-state index in [9.17, 15) is 0 Å². The molecule has 0 heterocycles. The summed E-state index contributed by atoms with van der Waals surface area (Å²) >= 11 is 0. The lowest BCUT2D eigenvalue weighted by molar-refractivity contribution is 0.0690. The van der Waals surface area contributed by atoms with Crippen molar-refractivity contribution in [3.63, 3.8) is 0 Å². The highest BCUT2D eigenvalue weighted by molar-refractivity contribution is 6.60. The second-order valence-electron chi connectivity index (χ2n) is 4.33. The van der Waals surface area contributed by atoms with E-state index in [0.717, 1.165) is 12.5 Å². The fourth-order valence-corrected chi connectivity index (χ4v) is 4.42. The minimum atomic E-state index is -2.43. The van der Waals surface area contributed by atoms with Crippen LogP contribution in [0.1, 0.15) is 34.1 Å². The summed E-state index contributed by atoms with van der Waals surface area (Å²) < 4.78 is 17.4. The van der Waals surface area contributed by atoms with Crippen LogP contribution in [0.15, 0.2) is 0 Å². The number of nitrogens with zero attached hydrogens (tertiary/aromatic N) is 1. The molecule has 1 atom stereocenters. The molecule has 0 aromatic heterocycles. The fraction of sp³-hybridized carbons (Fsp3) is 1.00. The summed E-state index contributed by atoms with van der Waals surface area (Å²) in [5, 5.41) is 0. The minimum absolute atomic E-state index is 0.517. The van der Waals surface area contributed by atoms with E-state index < -0.39 is 8.80 Å². The summed E-state index contributed by atoms with van der Waals surface area (Å²) in [5.41, 5.74) is 0. The van der Waals surface area contributed by atoms with Gasteiger partial charge < -0.3 is 18.2 Å². The maximum atomic E-state index is 5.82. The Balaban J connectivity index is 4.42. The normalized spacial score (nSPS) is 14.3. The fourth-order valence-electron chi connectivity index (χ4n) is 1.65. The molecule has 0 aromatic carbocycles. The third kappa shape index (κ3) is 6.52. The van der Waals surface area contributed by atoms with Crippen LogP contribution in [-0.4, -0.2) is 53.7 Å². The SMILES string of the molecule is CCO[Si](CCC(C)N(C)C)(OCC)OCC. The lowest BCUT2D eigenvalue weighted by Gasteiger charge is -2.30. The van der Waals surface area contributed by atoms with Gasteiger partial charge in [-0.15, -0.1) is 0 Å². The van der Waals surface area contributed by atoms with Crippen LogP contribution in [0, 0.1) is 0 Å². The van der Waals surface area contributed by atoms with Gasteiger partial charge in [-0.1, -0.05) is 0 Å². The van der Waals surface area contributed by atoms with Crippen molar-refractivity contribution in [1.29, 1.82) is 0 Å². The summed E-state index contributed by atoms with van der Waals surface area (Å²) in [6, 6.07) is 1.41. The third-order valence-corrected chi connectivity index (χ3v) is 5.93. The van der Waals surface area contributed by atoms with Gasteiger partial charge in [0.15, 0.2) is 0 Å². The Kier molecular flexibility index (Phi) is 9.08. The highest BCUT2D eigenvalue weighted by Crippen LogP contribution is 2.20. The Labute approximate surface area is 108 Å². The molecular formula is C12H29NO3Si. The first-order valence-electron chi connectivity index (χ1n) is 6.59. The molecule has 0 spiro atoms. The lowest BCUT2D eigenvalue weighted by Crippen LogP contribution is -2.47. The first-order chi connectivity index (χ1) is 8.01. The molecule has 0 saturated carbocycles. The second kappa shape index (κ2) is 9.05. The molecule has 0 N–H and O–H groups in total. The van der Waals surface area contributed by atoms with Gasteiger partial charge in [-0.2, -0.15) is 0 Å². The molecule has 4 nitrogen and oxygen atoms in total. The Hall–Kier alpha value is 0.0569. The topological polar surface area (TPSA) is 30.9 Å². The van der Waals surface area contributed by atoms with Crippen LogP contribution < -0.4 is 0 Å². The summed E-state index contributed by atoms with van der Waals surface area (Å²) in [7, 11) is 1.76. The molecule has 0 radical (unpaired) electrons. The molecule has 0 fully saturated rings. The third-order valence-electron chi connectivity index (χ3n) is 2.84. The van der Waals surface area contributed by atoms with Crippen molar-refractivity contribution in [2.24, 2.45) is 0 Å². The molecule has 0 aromatic rings. The van der Waals surface area contributed by atoms with Gasteiger partial charge in [-0.25, -0.2) is 0 Å². The molecule has 1 unspecified atom stereocenters. The average Bonchev–Trinajstić information content (AvgIpc) is 2.27. The van der Waals surface area contributed by atoms with E-state index in [1.165, 1.54) is 0 Å². The van der Waals surface area contributed by atoms with E-state index in [1.54, 1.807) is 0 Å². The summed E-state index contributed by atoms with van der Waals surface area (Å²) in [6.07, 6.45) is 1.04. The Morgan fingerprint density at radius 3 is 1.65 bits per heavy atom. The van der Waals surface area contributed by atoms with Gasteiger partial charge in [0.25, 0.3) is 0 Å². The standard InChI is InChI=1S/C12H29NO3Si/c1-7-14-17(15-8-2,16-9-3)11-10-12(4)13(5)6/h12H,7-11H2,1-6H3. The van der Waals surface area contributed by atoms with E-state index >= 15 is 0 Å². The van der Waals surface area contributed by atoms with Gasteiger partial charge in [0.1, 0.15) is 0 Å². The first-order valence-corrected chi connectivity index (χ1v) is 8.52. The van der Waals surface area contributed by atoms with Crippen molar-refractivity contribution in [2.45, 2.75) is 46.2 Å². The zero-order chi connectivity index (χ0) is 13.3. The lowest BCUT2D eigenvalue weighted by atomic mass is 10.2. The van der Waals surface area contributed by atoms with Crippen LogP contribution in [0.25, 0.3) is 0 Å². The van der Waals surface area contributed by atoms with Crippen LogP contribution >= 0.6 is 0 Å². The zero-order valence-corrected chi connectivity index (χ0v) is 13.3. The smallest absolute Gasteiger partial charge is 0.374 e. The largest absolute Gasteiger partial charge is 0.500 e. The van der Waals surface area contributed by atoms with Gasteiger partial charge in [0.05, 0.1) is 0 Å². The van der Waals surface area contributed by atoms with Crippen LogP contribution in [0.4, 0.5) is 0 Å². The monoisotopic (exact) mass is 263 g/mol. The van der Waals surface area contributed by atoms with E-state index in [4.69, 9.17) is 13.3 Å². The molecule has 0 rings (SSSR count). The minimum Gasteiger partial charge on any atom is -0.374 e. The van der Waals surface area contributed by atoms with Gasteiger partial charge in [0, 0.05) is 31.9 Å². The molecule has 0 aliphatic rings. The van der Waals surface area contributed by atoms with Gasteiger partial charge in [-0.3, -0.25) is 0 Å². The molecule has 0 amide bonds. The highest BCUT2D eigenvalue weighted by atomic mass is 28.4. The summed E-state index contributed by atoms with van der Waals surface area (Å²) in [4.78, 5) is 2.21. The van der Waals surface area contributed by atoms with Crippen LogP contribution in [0.2, 0.25) is 6.04 Å². The highest BCUT2D eigenvalue weighted by Gasteiger charge is 2.40. The maximum Gasteiger partial charge on any atom is 0.500 e. The molecular weight excluding hydrogens is 234 g/mol. The Bertz CT molecular complexity index is 174. The second-order valence-corrected chi connectivity index (χ2v) is 7.07. The van der Waals surface area contributed by atoms with Crippen LogP contribution in [-0.2, 0) is 13.3 Å². The first kappa shape index (κ1) is 17.1. The molecule has 104 valence electrons. The molecule has 0 aliphatic heterocycles. The molecule has 17 heavy (non-hydrogen) atoms. The Morgan fingerprint density at radius 1 is 0.941 bits per heavy atom. The van der Waals surface area contributed by atoms with E-state index in [-0.39, 0.29) is 0 Å². The van der Waals surface area contributed by atoms with E-state index in [1.807, 2.05) is 20.8 Å². The molecule has 0 aliphatic carbocycles. The van der Waals surface area contributed by atoms with Crippen molar-refractivity contribution in [3.05, 3.63) is 0 Å². The van der Waals surface area contributed by atoms with Crippen LogP contribution in [0.5, 0.6) is 0 Å². The maximum absolute atomic E-state index is 5.82. The quantitative estimate of drug-likeness (QED) is 0.566. The van der Waals surface area contributed by atoms with Gasteiger partial charge in [-0.05, 0) is 48.2 Å². The van der Waals surface area contributed by atoms with E-state index in [0.29, 0.717) is 25.9 Å².